The van der Waals surface area contributed by atoms with Gasteiger partial charge in [0, 0.05) is 24.8 Å². The third-order valence-corrected chi connectivity index (χ3v) is 9.21. The number of halogens is 4. The summed E-state index contributed by atoms with van der Waals surface area (Å²) in [6.45, 7) is 4.38. The van der Waals surface area contributed by atoms with E-state index in [2.05, 4.69) is 20.0 Å². The van der Waals surface area contributed by atoms with E-state index < -0.39 is 28.0 Å². The molecule has 1 fully saturated rings. The summed E-state index contributed by atoms with van der Waals surface area (Å²) in [5, 5.41) is 8.22. The molecule has 0 saturated carbocycles. The topological polar surface area (TPSA) is 95.1 Å². The van der Waals surface area contributed by atoms with E-state index in [9.17, 15) is 21.6 Å². The number of aromatic nitrogens is 5. The van der Waals surface area contributed by atoms with Gasteiger partial charge in [-0.25, -0.2) is 22.5 Å². The Morgan fingerprint density at radius 2 is 1.64 bits per heavy atom. The lowest BCUT2D eigenvalue weighted by atomic mass is 10.0. The van der Waals surface area contributed by atoms with Gasteiger partial charge < -0.3 is 4.74 Å². The highest BCUT2D eigenvalue weighted by Crippen LogP contribution is 2.35. The molecule has 0 atom stereocenters. The Bertz CT molecular complexity index is 1950. The van der Waals surface area contributed by atoms with Crippen molar-refractivity contribution < 1.29 is 30.7 Å². The maximum absolute atomic E-state index is 16.2. The summed E-state index contributed by atoms with van der Waals surface area (Å²) in [5.74, 6) is -0.534. The zero-order valence-corrected chi connectivity index (χ0v) is 24.4. The summed E-state index contributed by atoms with van der Waals surface area (Å²) < 4.78 is 89.2. The number of rotatable bonds is 7. The Labute approximate surface area is 250 Å². The van der Waals surface area contributed by atoms with Crippen molar-refractivity contribution in [3.8, 4) is 39.5 Å². The third-order valence-electron chi connectivity index (χ3n) is 7.32. The molecule has 1 aliphatic heterocycles. The summed E-state index contributed by atoms with van der Waals surface area (Å²) in [4.78, 5) is 4.50. The van der Waals surface area contributed by atoms with Gasteiger partial charge in [0.05, 0.1) is 28.2 Å². The van der Waals surface area contributed by atoms with Crippen LogP contribution in [0.5, 0.6) is 5.75 Å². The van der Waals surface area contributed by atoms with Crippen LogP contribution in [0.2, 0.25) is 0 Å². The van der Waals surface area contributed by atoms with E-state index in [1.165, 1.54) is 45.5 Å². The third kappa shape index (κ3) is 5.69. The van der Waals surface area contributed by atoms with Crippen LogP contribution >= 0.6 is 0 Å². The van der Waals surface area contributed by atoms with Gasteiger partial charge in [-0.3, -0.25) is 4.57 Å². The van der Waals surface area contributed by atoms with E-state index >= 15 is 4.39 Å². The standard InChI is InChI=1S/C30H26F4N6O3S/c1-19-18-39(20(2)36-19)29-26(31)15-23(22-6-5-7-25(14-22)44(41,42)38-12-3-4-13-38)16-27(29)40-28(17-35-37-40)21-8-10-24(11-9-21)43-30(32,33)34/h5-11,14-18H,3-4,12-13H2,1-2H3. The molecule has 9 nitrogen and oxygen atoms in total. The van der Waals surface area contributed by atoms with Crippen LogP contribution in [0, 0.1) is 19.7 Å². The fourth-order valence-electron chi connectivity index (χ4n) is 5.35. The molecule has 0 spiro atoms. The molecule has 44 heavy (non-hydrogen) atoms. The number of hydrogen-bond acceptors (Lipinski definition) is 6. The molecule has 3 aromatic carbocycles. The largest absolute Gasteiger partial charge is 0.573 e. The highest BCUT2D eigenvalue weighted by atomic mass is 32.2. The van der Waals surface area contributed by atoms with Crippen LogP contribution in [0.4, 0.5) is 17.6 Å². The van der Waals surface area contributed by atoms with Gasteiger partial charge >= 0.3 is 6.36 Å². The average molecular weight is 627 g/mol. The van der Waals surface area contributed by atoms with Gasteiger partial charge in [0.2, 0.25) is 10.0 Å². The van der Waals surface area contributed by atoms with Crippen molar-refractivity contribution in [2.24, 2.45) is 0 Å². The predicted molar refractivity (Wildman–Crippen MR) is 153 cm³/mol. The van der Waals surface area contributed by atoms with E-state index in [1.54, 1.807) is 42.8 Å². The molecular weight excluding hydrogens is 600 g/mol. The molecule has 1 aliphatic rings. The zero-order valence-electron chi connectivity index (χ0n) is 23.6. The number of ether oxygens (including phenoxy) is 1. The van der Waals surface area contributed by atoms with Crippen molar-refractivity contribution in [2.75, 3.05) is 13.1 Å². The van der Waals surface area contributed by atoms with Gasteiger partial charge in [0.1, 0.15) is 23.1 Å². The molecule has 6 rings (SSSR count). The number of hydrogen-bond donors (Lipinski definition) is 0. The Balaban J connectivity index is 1.49. The van der Waals surface area contributed by atoms with Gasteiger partial charge in [-0.15, -0.1) is 18.3 Å². The number of aryl methyl sites for hydroxylation is 2. The summed E-state index contributed by atoms with van der Waals surface area (Å²) in [6.07, 6.45) is -0.187. The zero-order chi connectivity index (χ0) is 31.2. The molecule has 3 heterocycles. The molecular formula is C30H26F4N6O3S. The fourth-order valence-corrected chi connectivity index (χ4v) is 6.91. The first-order chi connectivity index (χ1) is 20.9. The lowest BCUT2D eigenvalue weighted by Crippen LogP contribution is -2.27. The maximum atomic E-state index is 16.2. The van der Waals surface area contributed by atoms with E-state index in [4.69, 9.17) is 0 Å². The number of sulfonamides is 1. The van der Waals surface area contributed by atoms with E-state index in [1.807, 2.05) is 0 Å². The number of nitrogens with zero attached hydrogens (tertiary/aromatic N) is 6. The van der Waals surface area contributed by atoms with Crippen LogP contribution in [-0.4, -0.2) is 56.7 Å². The Kier molecular flexibility index (Phi) is 7.49. The van der Waals surface area contributed by atoms with Crippen molar-refractivity contribution in [2.45, 2.75) is 37.9 Å². The van der Waals surface area contributed by atoms with Crippen LogP contribution in [0.3, 0.4) is 0 Å². The van der Waals surface area contributed by atoms with Gasteiger partial charge in [-0.05, 0) is 86.3 Å². The maximum Gasteiger partial charge on any atom is 0.573 e. The molecule has 0 aliphatic carbocycles. The SMILES string of the molecule is Cc1cn(-c2c(F)cc(-c3cccc(S(=O)(=O)N4CCCC4)c3)cc2-n2nncc2-c2ccc(OC(F)(F)F)cc2)c(C)n1. The Morgan fingerprint density at radius 3 is 2.30 bits per heavy atom. The van der Waals surface area contributed by atoms with E-state index in [0.717, 1.165) is 25.0 Å². The normalized spacial score (nSPS) is 14.3. The molecule has 0 amide bonds. The minimum Gasteiger partial charge on any atom is -0.406 e. The smallest absolute Gasteiger partial charge is 0.406 e. The minimum absolute atomic E-state index is 0.103. The highest BCUT2D eigenvalue weighted by Gasteiger charge is 2.31. The molecule has 0 N–H and O–H groups in total. The minimum atomic E-state index is -4.84. The van der Waals surface area contributed by atoms with Crippen molar-refractivity contribution in [1.82, 2.24) is 28.9 Å². The lowest BCUT2D eigenvalue weighted by Gasteiger charge is -2.18. The lowest BCUT2D eigenvalue weighted by molar-refractivity contribution is -0.274. The van der Waals surface area contributed by atoms with Crippen molar-refractivity contribution in [3.63, 3.8) is 0 Å². The van der Waals surface area contributed by atoms with Crippen LogP contribution in [0.15, 0.2) is 78.0 Å². The van der Waals surface area contributed by atoms with E-state index in [-0.39, 0.29) is 16.3 Å². The molecule has 0 bridgehead atoms. The van der Waals surface area contributed by atoms with Gasteiger partial charge in [0.15, 0.2) is 0 Å². The second-order valence-electron chi connectivity index (χ2n) is 10.4. The molecule has 0 radical (unpaired) electrons. The molecule has 2 aromatic heterocycles. The number of imidazole rings is 1. The summed E-state index contributed by atoms with van der Waals surface area (Å²) in [5.41, 5.74) is 2.65. The summed E-state index contributed by atoms with van der Waals surface area (Å²) >= 11 is 0. The van der Waals surface area contributed by atoms with Gasteiger partial charge in [-0.1, -0.05) is 17.3 Å². The van der Waals surface area contributed by atoms with Crippen molar-refractivity contribution in [3.05, 3.63) is 90.4 Å². The van der Waals surface area contributed by atoms with Gasteiger partial charge in [-0.2, -0.15) is 4.31 Å². The summed E-state index contributed by atoms with van der Waals surface area (Å²) in [6, 6.07) is 14.5. The highest BCUT2D eigenvalue weighted by molar-refractivity contribution is 7.89. The first kappa shape index (κ1) is 29.5. The second-order valence-corrected chi connectivity index (χ2v) is 12.3. The van der Waals surface area contributed by atoms with Crippen molar-refractivity contribution in [1.29, 1.82) is 0 Å². The fraction of sp³-hybridized carbons (Fsp3) is 0.233. The van der Waals surface area contributed by atoms with Crippen molar-refractivity contribution >= 4 is 10.0 Å². The predicted octanol–water partition coefficient (Wildman–Crippen LogP) is 6.23. The van der Waals surface area contributed by atoms with Gasteiger partial charge in [0.25, 0.3) is 0 Å². The molecule has 1 saturated heterocycles. The Hall–Kier alpha value is -4.56. The quantitative estimate of drug-likeness (QED) is 0.199. The molecule has 0 unspecified atom stereocenters. The Morgan fingerprint density at radius 1 is 0.909 bits per heavy atom. The first-order valence-electron chi connectivity index (χ1n) is 13.6. The summed E-state index contributed by atoms with van der Waals surface area (Å²) in [7, 11) is -3.73. The first-order valence-corrected chi connectivity index (χ1v) is 15.1. The average Bonchev–Trinajstić information content (AvgIpc) is 3.74. The number of alkyl halides is 3. The molecule has 228 valence electrons. The molecule has 5 aromatic rings. The second kappa shape index (κ2) is 11.2. The van der Waals surface area contributed by atoms with Crippen LogP contribution in [0.1, 0.15) is 24.4 Å². The van der Waals surface area contributed by atoms with Crippen LogP contribution in [0.25, 0.3) is 33.8 Å². The molecule has 14 heteroatoms. The monoisotopic (exact) mass is 626 g/mol. The van der Waals surface area contributed by atoms with Crippen LogP contribution in [-0.2, 0) is 10.0 Å². The van der Waals surface area contributed by atoms with E-state index in [0.29, 0.717) is 47.0 Å². The number of benzene rings is 3. The van der Waals surface area contributed by atoms with Crippen LogP contribution < -0.4 is 4.74 Å².